The second-order valence-electron chi connectivity index (χ2n) is 5.79. The van der Waals surface area contributed by atoms with Gasteiger partial charge in [-0.25, -0.2) is 8.42 Å². The van der Waals surface area contributed by atoms with Crippen LogP contribution >= 0.6 is 23.2 Å². The Balaban J connectivity index is 2.06. The van der Waals surface area contributed by atoms with Gasteiger partial charge in [0.1, 0.15) is 5.75 Å². The minimum absolute atomic E-state index is 0.143. The summed E-state index contributed by atoms with van der Waals surface area (Å²) in [4.78, 5) is 0.157. The molecule has 0 spiro atoms. The highest BCUT2D eigenvalue weighted by molar-refractivity contribution is 7.92. The van der Waals surface area contributed by atoms with Crippen molar-refractivity contribution in [2.45, 2.75) is 11.4 Å². The van der Waals surface area contributed by atoms with Gasteiger partial charge in [-0.3, -0.25) is 4.31 Å². The number of anilines is 1. The third-order valence-electron chi connectivity index (χ3n) is 3.98. The Morgan fingerprint density at radius 1 is 0.889 bits per heavy atom. The fourth-order valence-electron chi connectivity index (χ4n) is 2.59. The van der Waals surface area contributed by atoms with Gasteiger partial charge in [0.25, 0.3) is 10.0 Å². The highest BCUT2D eigenvalue weighted by Gasteiger charge is 2.25. The van der Waals surface area contributed by atoms with Gasteiger partial charge >= 0.3 is 0 Å². The molecule has 0 fully saturated rings. The highest BCUT2D eigenvalue weighted by atomic mass is 35.5. The number of methoxy groups -OCH3 is 1. The van der Waals surface area contributed by atoms with Crippen LogP contribution < -0.4 is 9.04 Å². The molecule has 27 heavy (non-hydrogen) atoms. The van der Waals surface area contributed by atoms with Gasteiger partial charge in [0.2, 0.25) is 0 Å². The minimum Gasteiger partial charge on any atom is -0.497 e. The first kappa shape index (κ1) is 19.5. The lowest BCUT2D eigenvalue weighted by Gasteiger charge is -2.25. The molecule has 0 aliphatic rings. The predicted octanol–water partition coefficient (Wildman–Crippen LogP) is 5.40. The van der Waals surface area contributed by atoms with E-state index in [0.29, 0.717) is 21.5 Å². The number of ether oxygens (including phenoxy) is 1. The fraction of sp³-hybridized carbons (Fsp3) is 0.100. The van der Waals surface area contributed by atoms with E-state index in [1.54, 1.807) is 49.6 Å². The number of sulfonamides is 1. The summed E-state index contributed by atoms with van der Waals surface area (Å²) in [6.45, 7) is 0.143. The Labute approximate surface area is 169 Å². The number of halogens is 2. The number of benzene rings is 3. The van der Waals surface area contributed by atoms with Crippen LogP contribution in [0.2, 0.25) is 10.0 Å². The summed E-state index contributed by atoms with van der Waals surface area (Å²) in [7, 11) is -2.24. The van der Waals surface area contributed by atoms with Gasteiger partial charge in [-0.1, -0.05) is 35.3 Å². The van der Waals surface area contributed by atoms with Gasteiger partial charge in [-0.15, -0.1) is 0 Å². The minimum atomic E-state index is -3.81. The molecule has 0 heterocycles. The average Bonchev–Trinajstić information content (AvgIpc) is 2.67. The predicted molar refractivity (Wildman–Crippen MR) is 109 cm³/mol. The maximum atomic E-state index is 13.3. The van der Waals surface area contributed by atoms with Crippen molar-refractivity contribution in [3.8, 4) is 5.75 Å². The summed E-state index contributed by atoms with van der Waals surface area (Å²) < 4.78 is 33.2. The van der Waals surface area contributed by atoms with Crippen molar-refractivity contribution >= 4 is 38.9 Å². The van der Waals surface area contributed by atoms with Crippen LogP contribution in [0.5, 0.6) is 5.75 Å². The van der Waals surface area contributed by atoms with Crippen molar-refractivity contribution in [2.24, 2.45) is 0 Å². The Hall–Kier alpha value is -2.21. The van der Waals surface area contributed by atoms with Crippen molar-refractivity contribution < 1.29 is 13.2 Å². The van der Waals surface area contributed by atoms with Gasteiger partial charge in [-0.05, 0) is 66.2 Å². The molecule has 7 heteroatoms. The SMILES string of the molecule is COc1cccc(CN(c2ccc(Cl)cc2)S(=O)(=O)c2ccc(Cl)cc2)c1. The lowest BCUT2D eigenvalue weighted by Crippen LogP contribution is -2.30. The maximum Gasteiger partial charge on any atom is 0.264 e. The van der Waals surface area contributed by atoms with E-state index >= 15 is 0 Å². The van der Waals surface area contributed by atoms with Crippen LogP contribution in [0.15, 0.2) is 77.7 Å². The molecule has 0 amide bonds. The standard InChI is InChI=1S/C20H17Cl2NO3S/c1-26-19-4-2-3-15(13-19)14-23(18-9-5-16(21)6-10-18)27(24,25)20-11-7-17(22)8-12-20/h2-13H,14H2,1H3. The summed E-state index contributed by atoms with van der Waals surface area (Å²) >= 11 is 11.9. The first-order valence-corrected chi connectivity index (χ1v) is 10.3. The molecule has 3 aromatic rings. The first-order chi connectivity index (χ1) is 12.9. The van der Waals surface area contributed by atoms with E-state index in [-0.39, 0.29) is 11.4 Å². The van der Waals surface area contributed by atoms with Crippen LogP contribution in [0, 0.1) is 0 Å². The number of nitrogens with zero attached hydrogens (tertiary/aromatic N) is 1. The van der Waals surface area contributed by atoms with Crippen molar-refractivity contribution in [3.05, 3.63) is 88.4 Å². The molecule has 0 radical (unpaired) electrons. The van der Waals surface area contributed by atoms with E-state index in [2.05, 4.69) is 0 Å². The zero-order valence-electron chi connectivity index (χ0n) is 14.5. The molecule has 0 aromatic heterocycles. The Kier molecular flexibility index (Phi) is 5.95. The van der Waals surface area contributed by atoms with Crippen molar-refractivity contribution in [1.82, 2.24) is 0 Å². The molecule has 0 aliphatic carbocycles. The van der Waals surface area contributed by atoms with Crippen LogP contribution in [0.4, 0.5) is 5.69 Å². The quantitative estimate of drug-likeness (QED) is 0.535. The molecule has 0 aliphatic heterocycles. The lowest BCUT2D eigenvalue weighted by molar-refractivity contribution is 0.414. The molecule has 0 N–H and O–H groups in total. The molecule has 0 unspecified atom stereocenters. The van der Waals surface area contributed by atoms with Gasteiger partial charge in [0.05, 0.1) is 24.2 Å². The summed E-state index contributed by atoms with van der Waals surface area (Å²) in [5, 5.41) is 1.00. The normalized spacial score (nSPS) is 11.2. The molecule has 0 bridgehead atoms. The van der Waals surface area contributed by atoms with Gasteiger partial charge in [-0.2, -0.15) is 0 Å². The van der Waals surface area contributed by atoms with Crippen LogP contribution in [0.25, 0.3) is 0 Å². The van der Waals surface area contributed by atoms with Crippen molar-refractivity contribution in [1.29, 1.82) is 0 Å². The van der Waals surface area contributed by atoms with Gasteiger partial charge < -0.3 is 4.74 Å². The number of hydrogen-bond donors (Lipinski definition) is 0. The van der Waals surface area contributed by atoms with E-state index in [1.807, 2.05) is 18.2 Å². The van der Waals surface area contributed by atoms with E-state index in [0.717, 1.165) is 5.56 Å². The third kappa shape index (κ3) is 4.56. The van der Waals surface area contributed by atoms with Crippen molar-refractivity contribution in [2.75, 3.05) is 11.4 Å². The zero-order chi connectivity index (χ0) is 19.4. The molecule has 140 valence electrons. The topological polar surface area (TPSA) is 46.6 Å². The Morgan fingerprint density at radius 2 is 1.48 bits per heavy atom. The summed E-state index contributed by atoms with van der Waals surface area (Å²) in [5.41, 5.74) is 1.30. The second kappa shape index (κ2) is 8.21. The van der Waals surface area contributed by atoms with E-state index in [9.17, 15) is 8.42 Å². The van der Waals surface area contributed by atoms with Gasteiger partial charge in [0, 0.05) is 10.0 Å². The van der Waals surface area contributed by atoms with Crippen LogP contribution in [-0.2, 0) is 16.6 Å². The molecule has 4 nitrogen and oxygen atoms in total. The zero-order valence-corrected chi connectivity index (χ0v) is 16.8. The molecule has 3 aromatic carbocycles. The van der Waals surface area contributed by atoms with E-state index in [1.165, 1.54) is 16.4 Å². The Morgan fingerprint density at radius 3 is 2.07 bits per heavy atom. The molecular formula is C20H17Cl2NO3S. The molecule has 0 saturated heterocycles. The fourth-order valence-corrected chi connectivity index (χ4v) is 4.30. The smallest absolute Gasteiger partial charge is 0.264 e. The Bertz CT molecular complexity index is 1020. The van der Waals surface area contributed by atoms with Gasteiger partial charge in [0.15, 0.2) is 0 Å². The van der Waals surface area contributed by atoms with Crippen LogP contribution in [0.1, 0.15) is 5.56 Å². The molecule has 0 saturated carbocycles. The molecular weight excluding hydrogens is 405 g/mol. The average molecular weight is 422 g/mol. The summed E-state index contributed by atoms with van der Waals surface area (Å²) in [6, 6.07) is 20.1. The monoisotopic (exact) mass is 421 g/mol. The lowest BCUT2D eigenvalue weighted by atomic mass is 10.2. The largest absolute Gasteiger partial charge is 0.497 e. The van der Waals surface area contributed by atoms with E-state index in [4.69, 9.17) is 27.9 Å². The van der Waals surface area contributed by atoms with Crippen LogP contribution in [-0.4, -0.2) is 15.5 Å². The molecule has 0 atom stereocenters. The summed E-state index contributed by atoms with van der Waals surface area (Å²) in [6.07, 6.45) is 0. The van der Waals surface area contributed by atoms with E-state index < -0.39 is 10.0 Å². The maximum absolute atomic E-state index is 13.3. The number of rotatable bonds is 6. The highest BCUT2D eigenvalue weighted by Crippen LogP contribution is 2.28. The third-order valence-corrected chi connectivity index (χ3v) is 6.27. The van der Waals surface area contributed by atoms with Crippen LogP contribution in [0.3, 0.4) is 0 Å². The summed E-state index contributed by atoms with van der Waals surface area (Å²) in [5.74, 6) is 0.660. The first-order valence-electron chi connectivity index (χ1n) is 8.07. The second-order valence-corrected chi connectivity index (χ2v) is 8.53. The molecule has 3 rings (SSSR count). The van der Waals surface area contributed by atoms with Crippen molar-refractivity contribution in [3.63, 3.8) is 0 Å². The number of hydrogen-bond acceptors (Lipinski definition) is 3.